The number of sulfonamides is 1. The van der Waals surface area contributed by atoms with Crippen LogP contribution in [0.2, 0.25) is 0 Å². The second-order valence-electron chi connectivity index (χ2n) is 3.78. The highest BCUT2D eigenvalue weighted by molar-refractivity contribution is 9.10. The first-order chi connectivity index (χ1) is 8.87. The molecule has 0 fully saturated rings. The summed E-state index contributed by atoms with van der Waals surface area (Å²) in [6.07, 6.45) is 0. The summed E-state index contributed by atoms with van der Waals surface area (Å²) >= 11 is 3.22. The van der Waals surface area contributed by atoms with Gasteiger partial charge in [-0.2, -0.15) is 0 Å². The molecular weight excluding hydrogens is 334 g/mol. The molecule has 4 N–H and O–H groups in total. The molecule has 8 heteroatoms. The minimum Gasteiger partial charge on any atom is -0.398 e. The summed E-state index contributed by atoms with van der Waals surface area (Å²) in [6, 6.07) is 4.93. The maximum Gasteiger partial charge on any atom is 0.252 e. The lowest BCUT2D eigenvalue weighted by Crippen LogP contribution is -2.34. The molecule has 1 rings (SSSR count). The molecule has 19 heavy (non-hydrogen) atoms. The minimum absolute atomic E-state index is 0.0371. The number of benzene rings is 1. The van der Waals surface area contributed by atoms with Gasteiger partial charge in [-0.25, -0.2) is 13.1 Å². The summed E-state index contributed by atoms with van der Waals surface area (Å²) in [4.78, 5) is 11.8. The number of anilines is 1. The van der Waals surface area contributed by atoms with E-state index < -0.39 is 10.0 Å². The molecule has 0 radical (unpaired) electrons. The van der Waals surface area contributed by atoms with Crippen LogP contribution in [0.1, 0.15) is 17.3 Å². The standard InChI is InChI=1S/C11H16BrN3O3S/c1-2-15-19(17,18)7-6-14-11(16)8-4-3-5-9(13)10(8)12/h3-5,15H,2,6-7,13H2,1H3,(H,14,16). The van der Waals surface area contributed by atoms with Crippen LogP contribution in [0.4, 0.5) is 5.69 Å². The fourth-order valence-corrected chi connectivity index (χ4v) is 2.81. The van der Waals surface area contributed by atoms with Gasteiger partial charge in [-0.1, -0.05) is 13.0 Å². The zero-order valence-electron chi connectivity index (χ0n) is 10.4. The number of amides is 1. The first-order valence-electron chi connectivity index (χ1n) is 5.67. The highest BCUT2D eigenvalue weighted by atomic mass is 79.9. The number of carbonyl (C=O) groups is 1. The van der Waals surface area contributed by atoms with Crippen LogP contribution in [-0.4, -0.2) is 33.2 Å². The van der Waals surface area contributed by atoms with E-state index in [0.29, 0.717) is 22.3 Å². The molecule has 0 atom stereocenters. The third-order valence-electron chi connectivity index (χ3n) is 2.29. The smallest absolute Gasteiger partial charge is 0.252 e. The van der Waals surface area contributed by atoms with Gasteiger partial charge in [0.05, 0.1) is 15.8 Å². The van der Waals surface area contributed by atoms with Crippen LogP contribution >= 0.6 is 15.9 Å². The van der Waals surface area contributed by atoms with Crippen LogP contribution in [0.25, 0.3) is 0 Å². The van der Waals surface area contributed by atoms with Gasteiger partial charge in [0, 0.05) is 18.8 Å². The fraction of sp³-hybridized carbons (Fsp3) is 0.364. The number of nitrogens with two attached hydrogens (primary N) is 1. The Bertz CT molecular complexity index is 560. The third-order valence-corrected chi connectivity index (χ3v) is 4.65. The van der Waals surface area contributed by atoms with Gasteiger partial charge in [0.1, 0.15) is 0 Å². The van der Waals surface area contributed by atoms with Crippen LogP contribution in [0.5, 0.6) is 0 Å². The lowest BCUT2D eigenvalue weighted by atomic mass is 10.2. The largest absolute Gasteiger partial charge is 0.398 e. The number of hydrogen-bond acceptors (Lipinski definition) is 4. The van der Waals surface area contributed by atoms with Gasteiger partial charge < -0.3 is 11.1 Å². The molecule has 0 aliphatic carbocycles. The number of nitrogens with one attached hydrogen (secondary N) is 2. The maximum absolute atomic E-state index is 11.8. The first kappa shape index (κ1) is 15.9. The normalized spacial score (nSPS) is 11.3. The molecule has 0 unspecified atom stereocenters. The highest BCUT2D eigenvalue weighted by Crippen LogP contribution is 2.23. The first-order valence-corrected chi connectivity index (χ1v) is 8.11. The van der Waals surface area contributed by atoms with Crippen molar-refractivity contribution in [2.75, 3.05) is 24.6 Å². The minimum atomic E-state index is -3.33. The van der Waals surface area contributed by atoms with Gasteiger partial charge in [-0.15, -0.1) is 0 Å². The van der Waals surface area contributed by atoms with Crippen LogP contribution in [0.15, 0.2) is 22.7 Å². The lowest BCUT2D eigenvalue weighted by Gasteiger charge is -2.09. The van der Waals surface area contributed by atoms with Crippen molar-refractivity contribution in [1.82, 2.24) is 10.0 Å². The predicted molar refractivity (Wildman–Crippen MR) is 78.4 cm³/mol. The molecule has 0 aromatic heterocycles. The van der Waals surface area contributed by atoms with Crippen molar-refractivity contribution in [3.8, 4) is 0 Å². The van der Waals surface area contributed by atoms with Crippen molar-refractivity contribution >= 4 is 37.5 Å². The Morgan fingerprint density at radius 3 is 2.74 bits per heavy atom. The van der Waals surface area contributed by atoms with E-state index in [1.54, 1.807) is 25.1 Å². The molecule has 6 nitrogen and oxygen atoms in total. The van der Waals surface area contributed by atoms with Crippen LogP contribution in [-0.2, 0) is 10.0 Å². The number of hydrogen-bond donors (Lipinski definition) is 3. The molecular formula is C11H16BrN3O3S. The van der Waals surface area contributed by atoms with E-state index in [-0.39, 0.29) is 18.2 Å². The summed E-state index contributed by atoms with van der Waals surface area (Å²) in [5.41, 5.74) is 6.49. The quantitative estimate of drug-likeness (QED) is 0.658. The van der Waals surface area contributed by atoms with E-state index in [1.165, 1.54) is 0 Å². The van der Waals surface area contributed by atoms with Crippen molar-refractivity contribution < 1.29 is 13.2 Å². The van der Waals surface area contributed by atoms with Crippen molar-refractivity contribution in [3.05, 3.63) is 28.2 Å². The molecule has 0 bridgehead atoms. The Morgan fingerprint density at radius 2 is 2.11 bits per heavy atom. The van der Waals surface area contributed by atoms with E-state index in [9.17, 15) is 13.2 Å². The highest BCUT2D eigenvalue weighted by Gasteiger charge is 2.13. The van der Waals surface area contributed by atoms with Crippen molar-refractivity contribution in [1.29, 1.82) is 0 Å². The number of halogens is 1. The molecule has 0 heterocycles. The summed E-state index contributed by atoms with van der Waals surface area (Å²) in [7, 11) is -3.33. The van der Waals surface area contributed by atoms with E-state index >= 15 is 0 Å². The Balaban J connectivity index is 2.60. The average Bonchev–Trinajstić information content (AvgIpc) is 2.32. The van der Waals surface area contributed by atoms with Crippen molar-refractivity contribution in [2.24, 2.45) is 0 Å². The Morgan fingerprint density at radius 1 is 1.42 bits per heavy atom. The summed E-state index contributed by atoms with van der Waals surface area (Å²) < 4.78 is 25.6. The SMILES string of the molecule is CCNS(=O)(=O)CCNC(=O)c1cccc(N)c1Br. The molecule has 106 valence electrons. The van der Waals surface area contributed by atoms with E-state index in [0.717, 1.165) is 0 Å². The summed E-state index contributed by atoms with van der Waals surface area (Å²) in [5, 5.41) is 2.54. The molecule has 0 saturated carbocycles. The maximum atomic E-state index is 11.8. The van der Waals surface area contributed by atoms with Crippen molar-refractivity contribution in [3.63, 3.8) is 0 Å². The molecule has 0 aliphatic heterocycles. The van der Waals surface area contributed by atoms with E-state index in [2.05, 4.69) is 26.0 Å². The summed E-state index contributed by atoms with van der Waals surface area (Å²) in [5.74, 6) is -0.530. The number of nitrogen functional groups attached to an aromatic ring is 1. The van der Waals surface area contributed by atoms with Gasteiger partial charge in [0.15, 0.2) is 0 Å². The van der Waals surface area contributed by atoms with Gasteiger partial charge in [-0.05, 0) is 28.1 Å². The van der Waals surface area contributed by atoms with Crippen LogP contribution in [0.3, 0.4) is 0 Å². The molecule has 0 spiro atoms. The predicted octanol–water partition coefficient (Wildman–Crippen LogP) is 0.700. The second kappa shape index (κ2) is 6.88. The van der Waals surface area contributed by atoms with Gasteiger partial charge in [-0.3, -0.25) is 4.79 Å². The lowest BCUT2D eigenvalue weighted by molar-refractivity contribution is 0.0955. The Labute approximate surface area is 120 Å². The number of rotatable bonds is 6. The Hall–Kier alpha value is -1.12. The molecule has 1 amide bonds. The van der Waals surface area contributed by atoms with Crippen LogP contribution in [0, 0.1) is 0 Å². The van der Waals surface area contributed by atoms with Crippen LogP contribution < -0.4 is 15.8 Å². The zero-order valence-corrected chi connectivity index (χ0v) is 12.8. The van der Waals surface area contributed by atoms with Gasteiger partial charge in [0.25, 0.3) is 5.91 Å². The Kier molecular flexibility index (Phi) is 5.77. The monoisotopic (exact) mass is 349 g/mol. The summed E-state index contributed by atoms with van der Waals surface area (Å²) in [6.45, 7) is 2.06. The third kappa shape index (κ3) is 4.81. The second-order valence-corrected chi connectivity index (χ2v) is 6.50. The molecule has 1 aromatic carbocycles. The van der Waals surface area contributed by atoms with Gasteiger partial charge in [0.2, 0.25) is 10.0 Å². The number of carbonyl (C=O) groups excluding carboxylic acids is 1. The molecule has 1 aromatic rings. The van der Waals surface area contributed by atoms with E-state index in [1.807, 2.05) is 0 Å². The topological polar surface area (TPSA) is 101 Å². The van der Waals surface area contributed by atoms with E-state index in [4.69, 9.17) is 5.73 Å². The molecule has 0 saturated heterocycles. The zero-order chi connectivity index (χ0) is 14.5. The van der Waals surface area contributed by atoms with Gasteiger partial charge >= 0.3 is 0 Å². The molecule has 0 aliphatic rings. The van der Waals surface area contributed by atoms with Crippen molar-refractivity contribution in [2.45, 2.75) is 6.92 Å². The fourth-order valence-electron chi connectivity index (χ4n) is 1.41. The average molecular weight is 350 g/mol.